The van der Waals surface area contributed by atoms with Gasteiger partial charge in [-0.25, -0.2) is 13.6 Å². The number of alkyl carbamates (subject to hydrolysis) is 1. The highest BCUT2D eigenvalue weighted by Gasteiger charge is 2.34. The first-order valence-electron chi connectivity index (χ1n) is 5.91. The summed E-state index contributed by atoms with van der Waals surface area (Å²) in [6, 6.07) is 0. The van der Waals surface area contributed by atoms with Crippen molar-refractivity contribution in [3.8, 4) is 0 Å². The van der Waals surface area contributed by atoms with Crippen LogP contribution in [0.25, 0.3) is 0 Å². The maximum Gasteiger partial charge on any atom is 0.413 e. The van der Waals surface area contributed by atoms with Crippen LogP contribution in [0.1, 0.15) is 26.7 Å². The molecule has 1 N–H and O–H groups in total. The van der Waals surface area contributed by atoms with E-state index in [4.69, 9.17) is 17.0 Å². The third-order valence-electron chi connectivity index (χ3n) is 2.54. The number of rotatable bonds is 2. The van der Waals surface area contributed by atoms with Crippen LogP contribution in [0.4, 0.5) is 13.6 Å². The van der Waals surface area contributed by atoms with E-state index in [0.29, 0.717) is 6.61 Å². The van der Waals surface area contributed by atoms with Gasteiger partial charge in [0.05, 0.1) is 6.61 Å². The number of carbonyl (C=O) groups is 1. The number of hydrogen-bond donors (Lipinski definition) is 1. The average molecular weight is 280 g/mol. The molecule has 0 saturated carbocycles. The number of piperidine rings is 1. The lowest BCUT2D eigenvalue weighted by Gasteiger charge is -2.33. The highest BCUT2D eigenvalue weighted by Crippen LogP contribution is 2.27. The Morgan fingerprint density at radius 3 is 2.50 bits per heavy atom. The topological polar surface area (TPSA) is 41.6 Å². The SMILES string of the molecule is CC(C)COC(=O)NC(=S)N1CCC(F)(F)CC1. The molecule has 0 unspecified atom stereocenters. The van der Waals surface area contributed by atoms with Crippen molar-refractivity contribution in [1.82, 2.24) is 10.2 Å². The van der Waals surface area contributed by atoms with Crippen LogP contribution in [-0.2, 0) is 4.74 Å². The van der Waals surface area contributed by atoms with Crippen LogP contribution in [0.2, 0.25) is 0 Å². The largest absolute Gasteiger partial charge is 0.449 e. The van der Waals surface area contributed by atoms with Gasteiger partial charge in [-0.05, 0) is 18.1 Å². The Hall–Kier alpha value is -0.980. The molecule has 0 bridgehead atoms. The first-order chi connectivity index (χ1) is 8.30. The molecule has 1 aliphatic rings. The number of likely N-dealkylation sites (tertiary alicyclic amines) is 1. The minimum Gasteiger partial charge on any atom is -0.449 e. The number of hydrogen-bond acceptors (Lipinski definition) is 3. The zero-order chi connectivity index (χ0) is 13.8. The number of thiocarbonyl (C=S) groups is 1. The number of halogens is 2. The van der Waals surface area contributed by atoms with E-state index in [1.807, 2.05) is 13.8 Å². The van der Waals surface area contributed by atoms with Crippen molar-refractivity contribution < 1.29 is 18.3 Å². The van der Waals surface area contributed by atoms with Crippen molar-refractivity contribution in [1.29, 1.82) is 0 Å². The summed E-state index contributed by atoms with van der Waals surface area (Å²) in [4.78, 5) is 12.9. The van der Waals surface area contributed by atoms with Crippen molar-refractivity contribution in [2.24, 2.45) is 5.92 Å². The van der Waals surface area contributed by atoms with E-state index < -0.39 is 12.0 Å². The highest BCUT2D eigenvalue weighted by atomic mass is 32.1. The summed E-state index contributed by atoms with van der Waals surface area (Å²) >= 11 is 4.97. The minimum atomic E-state index is -2.62. The summed E-state index contributed by atoms with van der Waals surface area (Å²) in [5.74, 6) is -2.39. The fourth-order valence-corrected chi connectivity index (χ4v) is 1.75. The molecule has 0 radical (unpaired) electrons. The smallest absolute Gasteiger partial charge is 0.413 e. The molecule has 7 heteroatoms. The summed E-state index contributed by atoms with van der Waals surface area (Å²) in [6.45, 7) is 4.43. The van der Waals surface area contributed by atoms with Gasteiger partial charge in [-0.15, -0.1) is 0 Å². The second kappa shape index (κ2) is 6.26. The van der Waals surface area contributed by atoms with Crippen LogP contribution >= 0.6 is 12.2 Å². The second-order valence-corrected chi connectivity index (χ2v) is 5.15. The molecule has 0 aromatic heterocycles. The first-order valence-corrected chi connectivity index (χ1v) is 6.31. The zero-order valence-electron chi connectivity index (χ0n) is 10.5. The summed E-state index contributed by atoms with van der Waals surface area (Å²) in [5.41, 5.74) is 0. The monoisotopic (exact) mass is 280 g/mol. The molecule has 1 fully saturated rings. The van der Waals surface area contributed by atoms with Gasteiger partial charge in [0.15, 0.2) is 5.11 Å². The lowest BCUT2D eigenvalue weighted by atomic mass is 10.1. The molecule has 1 heterocycles. The molecular formula is C11H18F2N2O2S. The number of nitrogens with zero attached hydrogens (tertiary/aromatic N) is 1. The van der Waals surface area contributed by atoms with E-state index in [0.717, 1.165) is 0 Å². The molecule has 1 saturated heterocycles. The van der Waals surface area contributed by atoms with Crippen LogP contribution in [0.3, 0.4) is 0 Å². The summed E-state index contributed by atoms with van der Waals surface area (Å²) in [7, 11) is 0. The van der Waals surface area contributed by atoms with Crippen molar-refractivity contribution in [3.63, 3.8) is 0 Å². The van der Waals surface area contributed by atoms with Crippen LogP contribution in [-0.4, -0.2) is 41.7 Å². The Balaban J connectivity index is 2.31. The van der Waals surface area contributed by atoms with Gasteiger partial charge in [0.2, 0.25) is 0 Å². The molecule has 0 aromatic carbocycles. The number of alkyl halides is 2. The first kappa shape index (κ1) is 15.1. The zero-order valence-corrected chi connectivity index (χ0v) is 11.4. The van der Waals surface area contributed by atoms with E-state index in [1.54, 1.807) is 4.90 Å². The Bertz CT molecular complexity index is 314. The molecule has 0 aromatic rings. The van der Waals surface area contributed by atoms with E-state index in [1.165, 1.54) is 0 Å². The van der Waals surface area contributed by atoms with E-state index in [9.17, 15) is 13.6 Å². The van der Waals surface area contributed by atoms with Crippen LogP contribution < -0.4 is 5.32 Å². The van der Waals surface area contributed by atoms with Crippen molar-refractivity contribution in [2.45, 2.75) is 32.6 Å². The summed E-state index contributed by atoms with van der Waals surface area (Å²) < 4.78 is 30.8. The van der Waals surface area contributed by atoms with Gasteiger partial charge in [0, 0.05) is 25.9 Å². The van der Waals surface area contributed by atoms with E-state index >= 15 is 0 Å². The average Bonchev–Trinajstić information content (AvgIpc) is 2.26. The fraction of sp³-hybridized carbons (Fsp3) is 0.818. The quantitative estimate of drug-likeness (QED) is 0.789. The van der Waals surface area contributed by atoms with Crippen LogP contribution in [0.5, 0.6) is 0 Å². The molecule has 0 atom stereocenters. The van der Waals surface area contributed by atoms with Crippen LogP contribution in [0.15, 0.2) is 0 Å². The standard InChI is InChI=1S/C11H18F2N2O2S/c1-8(2)7-17-10(16)14-9(18)15-5-3-11(12,13)4-6-15/h8H,3-7H2,1-2H3,(H,14,16,18). The van der Waals surface area contributed by atoms with E-state index in [2.05, 4.69) is 5.32 Å². The molecule has 0 aliphatic carbocycles. The molecule has 1 rings (SSSR count). The Morgan fingerprint density at radius 1 is 1.44 bits per heavy atom. The van der Waals surface area contributed by atoms with Crippen molar-refractivity contribution in [2.75, 3.05) is 19.7 Å². The number of carbonyl (C=O) groups excluding carboxylic acids is 1. The maximum atomic E-state index is 12.9. The number of amides is 1. The lowest BCUT2D eigenvalue weighted by Crippen LogP contribution is -2.48. The van der Waals surface area contributed by atoms with Gasteiger partial charge in [-0.1, -0.05) is 13.8 Å². The molecule has 4 nitrogen and oxygen atoms in total. The maximum absolute atomic E-state index is 12.9. The number of ether oxygens (including phenoxy) is 1. The van der Waals surface area contributed by atoms with Gasteiger partial charge in [0.1, 0.15) is 0 Å². The third kappa shape index (κ3) is 5.12. The fourth-order valence-electron chi connectivity index (χ4n) is 1.48. The molecule has 0 spiro atoms. The molecule has 104 valence electrons. The Labute approximate surface area is 111 Å². The van der Waals surface area contributed by atoms with E-state index in [-0.39, 0.29) is 37.0 Å². The Kier molecular flexibility index (Phi) is 5.25. The van der Waals surface area contributed by atoms with Gasteiger partial charge < -0.3 is 9.64 Å². The lowest BCUT2D eigenvalue weighted by molar-refractivity contribution is -0.0434. The summed E-state index contributed by atoms with van der Waals surface area (Å²) in [6.07, 6.45) is -1.11. The predicted octanol–water partition coefficient (Wildman–Crippen LogP) is 2.38. The van der Waals surface area contributed by atoms with Gasteiger partial charge in [-0.3, -0.25) is 5.32 Å². The second-order valence-electron chi connectivity index (χ2n) is 4.77. The van der Waals surface area contributed by atoms with Crippen molar-refractivity contribution in [3.05, 3.63) is 0 Å². The number of nitrogens with one attached hydrogen (secondary N) is 1. The third-order valence-corrected chi connectivity index (χ3v) is 2.90. The Morgan fingerprint density at radius 2 is 2.00 bits per heavy atom. The van der Waals surface area contributed by atoms with Crippen LogP contribution in [0, 0.1) is 5.92 Å². The van der Waals surface area contributed by atoms with Crippen molar-refractivity contribution >= 4 is 23.4 Å². The highest BCUT2D eigenvalue weighted by molar-refractivity contribution is 7.80. The van der Waals surface area contributed by atoms with Gasteiger partial charge in [-0.2, -0.15) is 0 Å². The minimum absolute atomic E-state index is 0.149. The molecule has 18 heavy (non-hydrogen) atoms. The summed E-state index contributed by atoms with van der Waals surface area (Å²) in [5, 5.41) is 2.54. The predicted molar refractivity (Wildman–Crippen MR) is 67.7 cm³/mol. The van der Waals surface area contributed by atoms with Gasteiger partial charge in [0.25, 0.3) is 5.92 Å². The molecule has 1 amide bonds. The molecular weight excluding hydrogens is 262 g/mol. The normalized spacial score (nSPS) is 18.6. The van der Waals surface area contributed by atoms with Gasteiger partial charge >= 0.3 is 6.09 Å². The molecule has 1 aliphatic heterocycles.